The van der Waals surface area contributed by atoms with E-state index in [2.05, 4.69) is 13.0 Å². The molecule has 1 aliphatic heterocycles. The summed E-state index contributed by atoms with van der Waals surface area (Å²) in [5.41, 5.74) is 4.04. The molecule has 1 N–H and O–H groups in total. The van der Waals surface area contributed by atoms with Crippen LogP contribution in [0.2, 0.25) is 0 Å². The number of benzene rings is 2. The molecule has 3 rings (SSSR count). The third kappa shape index (κ3) is 2.88. The van der Waals surface area contributed by atoms with Crippen LogP contribution in [-0.4, -0.2) is 18.3 Å². The number of rotatable bonds is 2. The Bertz CT molecular complexity index is 649. The Morgan fingerprint density at radius 1 is 0.952 bits per heavy atom. The highest BCUT2D eigenvalue weighted by atomic mass is 16.5. The topological polar surface area (TPSA) is 38.7 Å². The molecular formula is C18H20O3. The molecule has 110 valence electrons. The van der Waals surface area contributed by atoms with Gasteiger partial charge in [0, 0.05) is 6.42 Å². The molecule has 0 fully saturated rings. The van der Waals surface area contributed by atoms with Gasteiger partial charge in [0.1, 0.15) is 6.10 Å². The van der Waals surface area contributed by atoms with Crippen molar-refractivity contribution < 1.29 is 14.6 Å². The van der Waals surface area contributed by atoms with Crippen LogP contribution < -0.4 is 9.47 Å². The lowest BCUT2D eigenvalue weighted by atomic mass is 9.96. The van der Waals surface area contributed by atoms with Gasteiger partial charge in [0.2, 0.25) is 0 Å². The van der Waals surface area contributed by atoms with Gasteiger partial charge in [-0.3, -0.25) is 0 Å². The second kappa shape index (κ2) is 5.78. The Labute approximate surface area is 125 Å². The number of hydrogen-bond acceptors (Lipinski definition) is 3. The third-order valence-electron chi connectivity index (χ3n) is 3.81. The highest BCUT2D eigenvalue weighted by Crippen LogP contribution is 2.34. The fraction of sp³-hybridized carbons (Fsp3) is 0.333. The van der Waals surface area contributed by atoms with E-state index in [-0.39, 0.29) is 0 Å². The number of aliphatic hydroxyl groups excluding tert-OH is 1. The lowest BCUT2D eigenvalue weighted by molar-refractivity contribution is 0.218. The summed E-state index contributed by atoms with van der Waals surface area (Å²) in [5, 5.41) is 10.6. The van der Waals surface area contributed by atoms with Crippen molar-refractivity contribution in [3.63, 3.8) is 0 Å². The van der Waals surface area contributed by atoms with Crippen LogP contribution in [0.5, 0.6) is 11.5 Å². The molecule has 21 heavy (non-hydrogen) atoms. The summed E-state index contributed by atoms with van der Waals surface area (Å²) < 4.78 is 11.3. The summed E-state index contributed by atoms with van der Waals surface area (Å²) in [5.74, 6) is 1.47. The first-order chi connectivity index (χ1) is 10.1. The van der Waals surface area contributed by atoms with E-state index in [9.17, 15) is 5.11 Å². The lowest BCUT2D eigenvalue weighted by Crippen LogP contribution is -2.03. The van der Waals surface area contributed by atoms with Gasteiger partial charge in [-0.25, -0.2) is 0 Å². The number of aliphatic hydroxyl groups is 1. The van der Waals surface area contributed by atoms with Crippen LogP contribution in [-0.2, 0) is 0 Å². The number of hydrogen-bond donors (Lipinski definition) is 1. The number of ether oxygens (including phenoxy) is 2. The molecule has 0 radical (unpaired) electrons. The van der Waals surface area contributed by atoms with Gasteiger partial charge in [0.15, 0.2) is 11.5 Å². The minimum atomic E-state index is -0.650. The van der Waals surface area contributed by atoms with Gasteiger partial charge in [-0.15, -0.1) is 0 Å². The molecule has 0 spiro atoms. The zero-order chi connectivity index (χ0) is 14.8. The lowest BCUT2D eigenvalue weighted by Gasteiger charge is -2.16. The molecule has 1 aliphatic rings. The summed E-state index contributed by atoms with van der Waals surface area (Å²) in [6.07, 6.45) is 0.228. The maximum atomic E-state index is 10.6. The van der Waals surface area contributed by atoms with Crippen molar-refractivity contribution in [1.29, 1.82) is 0 Å². The van der Waals surface area contributed by atoms with Crippen LogP contribution in [0.4, 0.5) is 0 Å². The predicted octanol–water partition coefficient (Wildman–Crippen LogP) is 3.55. The summed E-state index contributed by atoms with van der Waals surface area (Å²) >= 11 is 0. The first kappa shape index (κ1) is 14.0. The van der Waals surface area contributed by atoms with Gasteiger partial charge in [0.25, 0.3) is 0 Å². The predicted molar refractivity (Wildman–Crippen MR) is 82.0 cm³/mol. The molecule has 3 heteroatoms. The molecular weight excluding hydrogens is 264 g/mol. The Morgan fingerprint density at radius 3 is 2.48 bits per heavy atom. The van der Waals surface area contributed by atoms with Crippen LogP contribution in [0, 0.1) is 13.8 Å². The first-order valence-electron chi connectivity index (χ1n) is 7.30. The molecule has 1 unspecified atom stereocenters. The highest BCUT2D eigenvalue weighted by molar-refractivity contribution is 5.46. The van der Waals surface area contributed by atoms with E-state index < -0.39 is 6.10 Å². The van der Waals surface area contributed by atoms with E-state index in [1.807, 2.05) is 37.3 Å². The molecule has 3 nitrogen and oxygen atoms in total. The second-order valence-electron chi connectivity index (χ2n) is 5.52. The molecule has 0 saturated carbocycles. The molecule has 0 bridgehead atoms. The standard InChI is InChI=1S/C18H20O3/c1-12-4-6-15(13(2)10-12)18(19)14-5-7-16-17(11-14)21-9-3-8-20-16/h4-7,10-11,18-19H,3,8-9H2,1-2H3. The average molecular weight is 284 g/mol. The zero-order valence-corrected chi connectivity index (χ0v) is 12.4. The van der Waals surface area contributed by atoms with Crippen molar-refractivity contribution in [1.82, 2.24) is 0 Å². The summed E-state index contributed by atoms with van der Waals surface area (Å²) in [6.45, 7) is 5.40. The van der Waals surface area contributed by atoms with E-state index in [1.165, 1.54) is 5.56 Å². The largest absolute Gasteiger partial charge is 0.490 e. The Balaban J connectivity index is 1.94. The molecule has 2 aromatic carbocycles. The van der Waals surface area contributed by atoms with Crippen molar-refractivity contribution in [2.45, 2.75) is 26.4 Å². The summed E-state index contributed by atoms with van der Waals surface area (Å²) in [4.78, 5) is 0. The van der Waals surface area contributed by atoms with E-state index in [1.54, 1.807) is 0 Å². The maximum Gasteiger partial charge on any atom is 0.161 e. The van der Waals surface area contributed by atoms with E-state index in [0.29, 0.717) is 19.0 Å². The SMILES string of the molecule is Cc1ccc(C(O)c2ccc3c(c2)OCCCO3)c(C)c1. The first-order valence-corrected chi connectivity index (χ1v) is 7.30. The normalized spacial score (nSPS) is 15.4. The molecule has 0 aliphatic carbocycles. The summed E-state index contributed by atoms with van der Waals surface area (Å²) in [7, 11) is 0. The van der Waals surface area contributed by atoms with E-state index in [4.69, 9.17) is 9.47 Å². The third-order valence-corrected chi connectivity index (χ3v) is 3.81. The molecule has 0 aromatic heterocycles. The smallest absolute Gasteiger partial charge is 0.161 e. The van der Waals surface area contributed by atoms with Gasteiger partial charge in [0.05, 0.1) is 13.2 Å². The summed E-state index contributed by atoms with van der Waals surface area (Å²) in [6, 6.07) is 11.7. The molecule has 0 saturated heterocycles. The second-order valence-corrected chi connectivity index (χ2v) is 5.52. The Hall–Kier alpha value is -2.00. The van der Waals surface area contributed by atoms with Gasteiger partial charge in [-0.1, -0.05) is 29.8 Å². The van der Waals surface area contributed by atoms with Crippen molar-refractivity contribution in [3.05, 3.63) is 58.7 Å². The quantitative estimate of drug-likeness (QED) is 0.916. The van der Waals surface area contributed by atoms with Crippen molar-refractivity contribution in [2.24, 2.45) is 0 Å². The van der Waals surface area contributed by atoms with Crippen LogP contribution >= 0.6 is 0 Å². The monoisotopic (exact) mass is 284 g/mol. The minimum Gasteiger partial charge on any atom is -0.490 e. The fourth-order valence-electron chi connectivity index (χ4n) is 2.66. The van der Waals surface area contributed by atoms with Gasteiger partial charge >= 0.3 is 0 Å². The van der Waals surface area contributed by atoms with Gasteiger partial charge in [-0.2, -0.15) is 0 Å². The van der Waals surface area contributed by atoms with E-state index >= 15 is 0 Å². The minimum absolute atomic E-state index is 0.649. The van der Waals surface area contributed by atoms with E-state index in [0.717, 1.165) is 28.9 Å². The number of aryl methyl sites for hydroxylation is 2. The average Bonchev–Trinajstić information content (AvgIpc) is 2.71. The Kier molecular flexibility index (Phi) is 3.84. The fourth-order valence-corrected chi connectivity index (χ4v) is 2.66. The van der Waals surface area contributed by atoms with Crippen LogP contribution in [0.25, 0.3) is 0 Å². The molecule has 2 aromatic rings. The Morgan fingerprint density at radius 2 is 1.71 bits per heavy atom. The molecule has 1 heterocycles. The van der Waals surface area contributed by atoms with Crippen LogP contribution in [0.3, 0.4) is 0 Å². The van der Waals surface area contributed by atoms with Gasteiger partial charge < -0.3 is 14.6 Å². The van der Waals surface area contributed by atoms with Crippen LogP contribution in [0.15, 0.2) is 36.4 Å². The van der Waals surface area contributed by atoms with Crippen LogP contribution in [0.1, 0.15) is 34.8 Å². The van der Waals surface area contributed by atoms with Crippen molar-refractivity contribution in [2.75, 3.05) is 13.2 Å². The van der Waals surface area contributed by atoms with Gasteiger partial charge in [-0.05, 0) is 42.7 Å². The maximum absolute atomic E-state index is 10.6. The number of fused-ring (bicyclic) bond motifs is 1. The zero-order valence-electron chi connectivity index (χ0n) is 12.4. The molecule has 1 atom stereocenters. The van der Waals surface area contributed by atoms with Crippen molar-refractivity contribution in [3.8, 4) is 11.5 Å². The highest BCUT2D eigenvalue weighted by Gasteiger charge is 2.17. The molecule has 0 amide bonds. The van der Waals surface area contributed by atoms with Crippen molar-refractivity contribution >= 4 is 0 Å².